The van der Waals surface area contributed by atoms with Gasteiger partial charge in [0, 0.05) is 36.8 Å². The quantitative estimate of drug-likeness (QED) is 0.404. The normalized spacial score (nSPS) is 11.0. The van der Waals surface area contributed by atoms with Gasteiger partial charge < -0.3 is 4.74 Å². The first-order chi connectivity index (χ1) is 15.2. The molecule has 4 aromatic rings. The van der Waals surface area contributed by atoms with E-state index in [9.17, 15) is 4.79 Å². The molecule has 8 nitrogen and oxygen atoms in total. The van der Waals surface area contributed by atoms with Gasteiger partial charge in [-0.2, -0.15) is 0 Å². The van der Waals surface area contributed by atoms with Crippen LogP contribution >= 0.6 is 0 Å². The van der Waals surface area contributed by atoms with Crippen LogP contribution in [0.5, 0.6) is 0 Å². The third-order valence-electron chi connectivity index (χ3n) is 4.91. The summed E-state index contributed by atoms with van der Waals surface area (Å²) in [6.07, 6.45) is 9.70. The highest BCUT2D eigenvalue weighted by Gasteiger charge is 2.18. The van der Waals surface area contributed by atoms with Gasteiger partial charge in [-0.25, -0.2) is 4.98 Å². The molecular formula is C23H24N6O2. The summed E-state index contributed by atoms with van der Waals surface area (Å²) in [5.74, 6) is 0.399. The Balaban J connectivity index is 1.80. The number of carbonyl (C=O) groups is 1. The van der Waals surface area contributed by atoms with Crippen molar-refractivity contribution in [2.75, 3.05) is 6.61 Å². The average Bonchev–Trinajstić information content (AvgIpc) is 3.23. The van der Waals surface area contributed by atoms with Crippen molar-refractivity contribution < 1.29 is 9.53 Å². The third-order valence-corrected chi connectivity index (χ3v) is 4.91. The Morgan fingerprint density at radius 2 is 1.97 bits per heavy atom. The SMILES string of the molecule is CCCc1nc(-c2cccnc2)cn2c(-c3ncccc3CCC(=O)OCC)nnc12. The number of aryl methyl sites for hydroxylation is 2. The van der Waals surface area contributed by atoms with Gasteiger partial charge in [0.05, 0.1) is 18.0 Å². The first-order valence-electron chi connectivity index (χ1n) is 10.5. The molecule has 0 atom stereocenters. The van der Waals surface area contributed by atoms with E-state index >= 15 is 0 Å². The molecule has 0 saturated heterocycles. The average molecular weight is 416 g/mol. The van der Waals surface area contributed by atoms with E-state index in [4.69, 9.17) is 9.72 Å². The lowest BCUT2D eigenvalue weighted by atomic mass is 10.1. The lowest BCUT2D eigenvalue weighted by molar-refractivity contribution is -0.143. The fourth-order valence-electron chi connectivity index (χ4n) is 3.49. The molecule has 4 heterocycles. The molecule has 8 heteroatoms. The van der Waals surface area contributed by atoms with Crippen molar-refractivity contribution in [2.45, 2.75) is 39.5 Å². The van der Waals surface area contributed by atoms with Gasteiger partial charge in [-0.3, -0.25) is 19.2 Å². The van der Waals surface area contributed by atoms with Crippen LogP contribution in [-0.4, -0.2) is 42.1 Å². The number of nitrogens with zero attached hydrogens (tertiary/aromatic N) is 6. The zero-order valence-corrected chi connectivity index (χ0v) is 17.7. The Bertz CT molecular complexity index is 1190. The Morgan fingerprint density at radius 3 is 2.74 bits per heavy atom. The van der Waals surface area contributed by atoms with Crippen LogP contribution in [0, 0.1) is 0 Å². The number of hydrogen-bond acceptors (Lipinski definition) is 7. The van der Waals surface area contributed by atoms with E-state index in [1.807, 2.05) is 34.9 Å². The molecule has 4 rings (SSSR count). The van der Waals surface area contributed by atoms with Crippen molar-refractivity contribution in [1.82, 2.24) is 29.5 Å². The molecule has 0 unspecified atom stereocenters. The summed E-state index contributed by atoms with van der Waals surface area (Å²) < 4.78 is 7.01. The zero-order chi connectivity index (χ0) is 21.6. The van der Waals surface area contributed by atoms with Crippen LogP contribution in [-0.2, 0) is 22.4 Å². The van der Waals surface area contributed by atoms with Crippen LogP contribution in [0.3, 0.4) is 0 Å². The Labute approximate surface area is 180 Å². The number of ether oxygens (including phenoxy) is 1. The van der Waals surface area contributed by atoms with Crippen LogP contribution in [0.2, 0.25) is 0 Å². The monoisotopic (exact) mass is 416 g/mol. The van der Waals surface area contributed by atoms with E-state index < -0.39 is 0 Å². The van der Waals surface area contributed by atoms with Crippen molar-refractivity contribution in [2.24, 2.45) is 0 Å². The molecule has 4 aromatic heterocycles. The highest BCUT2D eigenvalue weighted by Crippen LogP contribution is 2.25. The Kier molecular flexibility index (Phi) is 6.26. The number of aromatic nitrogens is 6. The highest BCUT2D eigenvalue weighted by molar-refractivity contribution is 5.70. The second-order valence-corrected chi connectivity index (χ2v) is 7.10. The van der Waals surface area contributed by atoms with Crippen LogP contribution in [0.4, 0.5) is 0 Å². The van der Waals surface area contributed by atoms with Crippen LogP contribution in [0.1, 0.15) is 37.9 Å². The fraction of sp³-hybridized carbons (Fsp3) is 0.304. The predicted molar refractivity (Wildman–Crippen MR) is 116 cm³/mol. The van der Waals surface area contributed by atoms with Crippen molar-refractivity contribution in [1.29, 1.82) is 0 Å². The van der Waals surface area contributed by atoms with Gasteiger partial charge in [-0.1, -0.05) is 19.4 Å². The molecule has 0 spiro atoms. The maximum atomic E-state index is 11.9. The minimum atomic E-state index is -0.225. The topological polar surface area (TPSA) is 95.2 Å². The van der Waals surface area contributed by atoms with Gasteiger partial charge in [-0.05, 0) is 43.5 Å². The highest BCUT2D eigenvalue weighted by atomic mass is 16.5. The number of pyridine rings is 2. The van der Waals surface area contributed by atoms with Gasteiger partial charge >= 0.3 is 5.97 Å². The molecule has 0 bridgehead atoms. The second-order valence-electron chi connectivity index (χ2n) is 7.10. The van der Waals surface area contributed by atoms with E-state index in [0.29, 0.717) is 30.2 Å². The second kappa shape index (κ2) is 9.42. The first-order valence-corrected chi connectivity index (χ1v) is 10.5. The van der Waals surface area contributed by atoms with Crippen molar-refractivity contribution in [3.05, 3.63) is 60.3 Å². The summed E-state index contributed by atoms with van der Waals surface area (Å²) in [5, 5.41) is 8.86. The van der Waals surface area contributed by atoms with Crippen molar-refractivity contribution >= 4 is 11.6 Å². The van der Waals surface area contributed by atoms with Crippen LogP contribution in [0.25, 0.3) is 28.4 Å². The van der Waals surface area contributed by atoms with Crippen LogP contribution < -0.4 is 0 Å². The first kappa shape index (κ1) is 20.6. The summed E-state index contributed by atoms with van der Waals surface area (Å²) in [5.41, 5.74) is 4.93. The Morgan fingerprint density at radius 1 is 1.10 bits per heavy atom. The van der Waals surface area contributed by atoms with E-state index in [1.165, 1.54) is 0 Å². The van der Waals surface area contributed by atoms with Gasteiger partial charge in [0.1, 0.15) is 5.69 Å². The molecule has 0 aliphatic carbocycles. The fourth-order valence-corrected chi connectivity index (χ4v) is 3.49. The molecule has 31 heavy (non-hydrogen) atoms. The molecule has 0 amide bonds. The molecular weight excluding hydrogens is 392 g/mol. The summed E-state index contributed by atoms with van der Waals surface area (Å²) in [4.78, 5) is 25.5. The third kappa shape index (κ3) is 4.42. The van der Waals surface area contributed by atoms with Gasteiger partial charge in [0.25, 0.3) is 0 Å². The lowest BCUT2D eigenvalue weighted by Crippen LogP contribution is -2.07. The van der Waals surface area contributed by atoms with E-state index in [0.717, 1.165) is 35.4 Å². The molecule has 0 aromatic carbocycles. The molecule has 0 aliphatic heterocycles. The molecule has 158 valence electrons. The number of rotatable bonds is 8. The molecule has 0 fully saturated rings. The van der Waals surface area contributed by atoms with Crippen LogP contribution in [0.15, 0.2) is 49.1 Å². The maximum Gasteiger partial charge on any atom is 0.306 e. The predicted octanol–water partition coefficient (Wildman–Crippen LogP) is 3.70. The number of carbonyl (C=O) groups excluding carboxylic acids is 1. The molecule has 0 radical (unpaired) electrons. The van der Waals surface area contributed by atoms with Gasteiger partial charge in [-0.15, -0.1) is 10.2 Å². The molecule has 0 aliphatic rings. The zero-order valence-electron chi connectivity index (χ0n) is 17.7. The number of esters is 1. The van der Waals surface area contributed by atoms with Gasteiger partial charge in [0.15, 0.2) is 11.5 Å². The minimum Gasteiger partial charge on any atom is -0.466 e. The summed E-state index contributed by atoms with van der Waals surface area (Å²) in [6, 6.07) is 7.68. The number of fused-ring (bicyclic) bond motifs is 1. The molecule has 0 saturated carbocycles. The van der Waals surface area contributed by atoms with Crippen molar-refractivity contribution in [3.63, 3.8) is 0 Å². The maximum absolute atomic E-state index is 11.9. The van der Waals surface area contributed by atoms with E-state index in [-0.39, 0.29) is 12.4 Å². The standard InChI is InChI=1S/C23H24N6O2/c1-3-7-18-22-27-28-23(29(22)15-19(26-18)17-9-5-12-24-14-17)21-16(8-6-13-25-21)10-11-20(30)31-4-2/h5-6,8-9,12-15H,3-4,7,10-11H2,1-2H3. The lowest BCUT2D eigenvalue weighted by Gasteiger charge is -2.10. The van der Waals surface area contributed by atoms with Gasteiger partial charge in [0.2, 0.25) is 0 Å². The Hall–Kier alpha value is -3.68. The number of hydrogen-bond donors (Lipinski definition) is 0. The minimum absolute atomic E-state index is 0.225. The van der Waals surface area contributed by atoms with E-state index in [1.54, 1.807) is 25.5 Å². The summed E-state index contributed by atoms with van der Waals surface area (Å²) in [6.45, 7) is 4.29. The molecule has 0 N–H and O–H groups in total. The smallest absolute Gasteiger partial charge is 0.306 e. The summed E-state index contributed by atoms with van der Waals surface area (Å²) in [7, 11) is 0. The van der Waals surface area contributed by atoms with E-state index in [2.05, 4.69) is 27.1 Å². The summed E-state index contributed by atoms with van der Waals surface area (Å²) >= 11 is 0. The largest absolute Gasteiger partial charge is 0.466 e. The van der Waals surface area contributed by atoms with Crippen molar-refractivity contribution in [3.8, 4) is 22.8 Å².